The summed E-state index contributed by atoms with van der Waals surface area (Å²) in [5.74, 6) is 0.0174. The monoisotopic (exact) mass is 298 g/mol. The van der Waals surface area contributed by atoms with Crippen molar-refractivity contribution >= 4 is 11.6 Å². The molecule has 0 saturated heterocycles. The van der Waals surface area contributed by atoms with Gasteiger partial charge in [0.15, 0.2) is 5.69 Å². The lowest BCUT2D eigenvalue weighted by Gasteiger charge is -2.21. The van der Waals surface area contributed by atoms with Gasteiger partial charge in [-0.1, -0.05) is 13.8 Å². The Morgan fingerprint density at radius 3 is 2.48 bits per heavy atom. The maximum Gasteiger partial charge on any atom is 0.276 e. The Labute approximate surface area is 125 Å². The van der Waals surface area contributed by atoms with E-state index in [1.807, 2.05) is 13.8 Å². The van der Waals surface area contributed by atoms with Crippen LogP contribution in [0.2, 0.25) is 0 Å². The van der Waals surface area contributed by atoms with Crippen LogP contribution in [0.3, 0.4) is 0 Å². The summed E-state index contributed by atoms with van der Waals surface area (Å²) >= 11 is 0. The molecule has 0 fully saturated rings. The van der Waals surface area contributed by atoms with E-state index in [1.54, 1.807) is 19.1 Å². The standard InChI is InChI=1S/C14H26N4O3/c1-10(2)12-11(15)13(17-16-12)14(19)18(7-9-21-4)6-5-8-20-3/h10H,5-9,15H2,1-4H3,(H,16,17). The van der Waals surface area contributed by atoms with Crippen molar-refractivity contribution in [3.8, 4) is 0 Å². The zero-order valence-electron chi connectivity index (χ0n) is 13.3. The van der Waals surface area contributed by atoms with Crippen LogP contribution in [-0.4, -0.2) is 61.5 Å². The summed E-state index contributed by atoms with van der Waals surface area (Å²) < 4.78 is 10.1. The minimum absolute atomic E-state index is 0.177. The molecule has 0 radical (unpaired) electrons. The third-order valence-electron chi connectivity index (χ3n) is 3.24. The van der Waals surface area contributed by atoms with Crippen molar-refractivity contribution in [3.05, 3.63) is 11.4 Å². The quantitative estimate of drug-likeness (QED) is 0.669. The van der Waals surface area contributed by atoms with Crippen LogP contribution in [0.4, 0.5) is 5.69 Å². The van der Waals surface area contributed by atoms with Gasteiger partial charge in [0.2, 0.25) is 0 Å². The largest absolute Gasteiger partial charge is 0.395 e. The Hall–Kier alpha value is -1.60. The average Bonchev–Trinajstić information content (AvgIpc) is 2.84. The lowest BCUT2D eigenvalue weighted by molar-refractivity contribution is 0.0669. The van der Waals surface area contributed by atoms with Gasteiger partial charge in [0.25, 0.3) is 5.91 Å². The fourth-order valence-corrected chi connectivity index (χ4v) is 2.03. The van der Waals surface area contributed by atoms with Crippen molar-refractivity contribution < 1.29 is 14.3 Å². The predicted molar refractivity (Wildman–Crippen MR) is 81.4 cm³/mol. The molecular formula is C14H26N4O3. The number of nitrogen functional groups attached to an aromatic ring is 1. The second-order valence-corrected chi connectivity index (χ2v) is 5.19. The van der Waals surface area contributed by atoms with Gasteiger partial charge in [-0.25, -0.2) is 0 Å². The summed E-state index contributed by atoms with van der Waals surface area (Å²) in [6, 6.07) is 0. The Balaban J connectivity index is 2.83. The molecular weight excluding hydrogens is 272 g/mol. The smallest absolute Gasteiger partial charge is 0.276 e. The summed E-state index contributed by atoms with van der Waals surface area (Å²) in [5, 5.41) is 6.94. The molecule has 0 atom stereocenters. The Morgan fingerprint density at radius 2 is 1.95 bits per heavy atom. The molecule has 0 aliphatic carbocycles. The van der Waals surface area contributed by atoms with Gasteiger partial charge in [-0.2, -0.15) is 5.10 Å². The van der Waals surface area contributed by atoms with Gasteiger partial charge in [-0.3, -0.25) is 9.89 Å². The fraction of sp³-hybridized carbons (Fsp3) is 0.714. The molecule has 0 bridgehead atoms. The molecule has 3 N–H and O–H groups in total. The summed E-state index contributed by atoms with van der Waals surface area (Å²) in [5.41, 5.74) is 7.54. The van der Waals surface area contributed by atoms with E-state index in [-0.39, 0.29) is 17.5 Å². The minimum atomic E-state index is -0.177. The first-order valence-electron chi connectivity index (χ1n) is 7.13. The van der Waals surface area contributed by atoms with Gasteiger partial charge in [-0.15, -0.1) is 0 Å². The molecule has 7 heteroatoms. The molecule has 0 aromatic carbocycles. The van der Waals surface area contributed by atoms with Crippen LogP contribution in [0.15, 0.2) is 0 Å². The third-order valence-corrected chi connectivity index (χ3v) is 3.24. The Bertz CT molecular complexity index is 445. The van der Waals surface area contributed by atoms with E-state index < -0.39 is 0 Å². The molecule has 0 unspecified atom stereocenters. The van der Waals surface area contributed by atoms with Crippen LogP contribution < -0.4 is 5.73 Å². The van der Waals surface area contributed by atoms with E-state index in [0.717, 1.165) is 12.1 Å². The summed E-state index contributed by atoms with van der Waals surface area (Å²) in [7, 11) is 3.25. The highest BCUT2D eigenvalue weighted by atomic mass is 16.5. The van der Waals surface area contributed by atoms with Crippen LogP contribution in [-0.2, 0) is 9.47 Å². The number of amides is 1. The number of anilines is 1. The molecule has 1 rings (SSSR count). The summed E-state index contributed by atoms with van der Waals surface area (Å²) in [4.78, 5) is 14.3. The zero-order valence-corrected chi connectivity index (χ0v) is 13.3. The molecule has 1 heterocycles. The van der Waals surface area contributed by atoms with Crippen molar-refractivity contribution in [1.82, 2.24) is 15.1 Å². The number of rotatable bonds is 9. The number of aromatic nitrogens is 2. The number of hydrogen-bond acceptors (Lipinski definition) is 5. The Kier molecular flexibility index (Phi) is 7.18. The maximum absolute atomic E-state index is 12.6. The highest BCUT2D eigenvalue weighted by Crippen LogP contribution is 2.23. The second kappa shape index (κ2) is 8.63. The fourth-order valence-electron chi connectivity index (χ4n) is 2.03. The number of nitrogens with two attached hydrogens (primary N) is 1. The van der Waals surface area contributed by atoms with E-state index in [1.165, 1.54) is 0 Å². The van der Waals surface area contributed by atoms with Crippen LogP contribution >= 0.6 is 0 Å². The number of nitrogens with one attached hydrogen (secondary N) is 1. The first kappa shape index (κ1) is 17.5. The molecule has 0 saturated carbocycles. The van der Waals surface area contributed by atoms with Crippen molar-refractivity contribution in [3.63, 3.8) is 0 Å². The molecule has 120 valence electrons. The number of ether oxygens (including phenoxy) is 2. The van der Waals surface area contributed by atoms with E-state index >= 15 is 0 Å². The highest BCUT2D eigenvalue weighted by molar-refractivity contribution is 5.97. The number of nitrogens with zero attached hydrogens (tertiary/aromatic N) is 2. The summed E-state index contributed by atoms with van der Waals surface area (Å²) in [6.45, 7) is 6.16. The van der Waals surface area contributed by atoms with Crippen LogP contribution in [0.25, 0.3) is 0 Å². The van der Waals surface area contributed by atoms with Crippen molar-refractivity contribution in [2.45, 2.75) is 26.2 Å². The van der Waals surface area contributed by atoms with Gasteiger partial charge in [0, 0.05) is 33.9 Å². The van der Waals surface area contributed by atoms with Crippen LogP contribution in [0.5, 0.6) is 0 Å². The molecule has 21 heavy (non-hydrogen) atoms. The molecule has 0 spiro atoms. The lowest BCUT2D eigenvalue weighted by atomic mass is 10.1. The second-order valence-electron chi connectivity index (χ2n) is 5.19. The number of carbonyl (C=O) groups is 1. The van der Waals surface area contributed by atoms with Crippen molar-refractivity contribution in [2.24, 2.45) is 0 Å². The number of carbonyl (C=O) groups excluding carboxylic acids is 1. The molecule has 1 aromatic rings. The SMILES string of the molecule is COCCCN(CCOC)C(=O)c1n[nH]c(C(C)C)c1N. The number of hydrogen-bond donors (Lipinski definition) is 2. The van der Waals surface area contributed by atoms with Gasteiger partial charge in [0.05, 0.1) is 18.0 Å². The zero-order chi connectivity index (χ0) is 15.8. The molecule has 1 amide bonds. The van der Waals surface area contributed by atoms with E-state index in [9.17, 15) is 4.79 Å². The molecule has 0 aliphatic rings. The molecule has 0 aliphatic heterocycles. The normalized spacial score (nSPS) is 11.1. The minimum Gasteiger partial charge on any atom is -0.395 e. The highest BCUT2D eigenvalue weighted by Gasteiger charge is 2.23. The predicted octanol–water partition coefficient (Wildman–Crippen LogP) is 1.24. The number of aromatic amines is 1. The topological polar surface area (TPSA) is 93.5 Å². The molecule has 7 nitrogen and oxygen atoms in total. The van der Waals surface area contributed by atoms with E-state index in [0.29, 0.717) is 32.0 Å². The average molecular weight is 298 g/mol. The van der Waals surface area contributed by atoms with Gasteiger partial charge in [0.1, 0.15) is 0 Å². The number of methoxy groups -OCH3 is 2. The van der Waals surface area contributed by atoms with Crippen LogP contribution in [0.1, 0.15) is 42.4 Å². The van der Waals surface area contributed by atoms with Gasteiger partial charge in [-0.05, 0) is 12.3 Å². The molecule has 1 aromatic heterocycles. The van der Waals surface area contributed by atoms with Crippen molar-refractivity contribution in [1.29, 1.82) is 0 Å². The first-order valence-corrected chi connectivity index (χ1v) is 7.13. The third kappa shape index (κ3) is 4.71. The summed E-state index contributed by atoms with van der Waals surface area (Å²) in [6.07, 6.45) is 0.757. The Morgan fingerprint density at radius 1 is 1.29 bits per heavy atom. The number of H-pyrrole nitrogens is 1. The van der Waals surface area contributed by atoms with Crippen molar-refractivity contribution in [2.75, 3.05) is 46.3 Å². The van der Waals surface area contributed by atoms with Crippen LogP contribution in [0, 0.1) is 0 Å². The van der Waals surface area contributed by atoms with E-state index in [2.05, 4.69) is 10.2 Å². The van der Waals surface area contributed by atoms with E-state index in [4.69, 9.17) is 15.2 Å². The van der Waals surface area contributed by atoms with Gasteiger partial charge >= 0.3 is 0 Å². The maximum atomic E-state index is 12.6. The van der Waals surface area contributed by atoms with Gasteiger partial charge < -0.3 is 20.1 Å². The lowest BCUT2D eigenvalue weighted by Crippen LogP contribution is -2.35. The first-order chi connectivity index (χ1) is 10.0.